The van der Waals surface area contributed by atoms with Gasteiger partial charge in [0.1, 0.15) is 6.54 Å². The SMILES string of the molecule is CCOC(=O)C1=C(C)N(CC(=O)N2CCN(C(C)=O)CC2)C(=O)CC1c1cccc(C)c1. The van der Waals surface area contributed by atoms with Crippen LogP contribution in [0.15, 0.2) is 35.5 Å². The molecule has 8 nitrogen and oxygen atoms in total. The van der Waals surface area contributed by atoms with Crippen molar-refractivity contribution in [3.8, 4) is 0 Å². The molecule has 1 fully saturated rings. The summed E-state index contributed by atoms with van der Waals surface area (Å²) in [5.41, 5.74) is 2.80. The van der Waals surface area contributed by atoms with E-state index in [2.05, 4.69) is 0 Å². The molecule has 0 spiro atoms. The smallest absolute Gasteiger partial charge is 0.336 e. The van der Waals surface area contributed by atoms with Gasteiger partial charge >= 0.3 is 5.97 Å². The zero-order chi connectivity index (χ0) is 23.4. The summed E-state index contributed by atoms with van der Waals surface area (Å²) in [6.07, 6.45) is 0.0976. The number of allylic oxidation sites excluding steroid dienone is 1. The van der Waals surface area contributed by atoms with Crippen molar-refractivity contribution in [2.75, 3.05) is 39.3 Å². The lowest BCUT2D eigenvalue weighted by molar-refractivity contribution is -0.143. The maximum atomic E-state index is 13.1. The molecule has 2 heterocycles. The summed E-state index contributed by atoms with van der Waals surface area (Å²) in [6.45, 7) is 8.84. The molecule has 3 amide bonds. The Bertz CT molecular complexity index is 947. The van der Waals surface area contributed by atoms with Crippen molar-refractivity contribution in [2.45, 2.75) is 40.0 Å². The van der Waals surface area contributed by atoms with Gasteiger partial charge in [-0.2, -0.15) is 0 Å². The molecule has 0 aromatic heterocycles. The monoisotopic (exact) mass is 441 g/mol. The molecule has 3 rings (SSSR count). The Hall–Kier alpha value is -3.16. The molecule has 1 aromatic carbocycles. The van der Waals surface area contributed by atoms with Crippen molar-refractivity contribution in [3.63, 3.8) is 0 Å². The number of piperazine rings is 1. The van der Waals surface area contributed by atoms with E-state index in [0.717, 1.165) is 11.1 Å². The van der Waals surface area contributed by atoms with Gasteiger partial charge in [0, 0.05) is 51.1 Å². The van der Waals surface area contributed by atoms with Crippen molar-refractivity contribution in [3.05, 3.63) is 46.7 Å². The Kier molecular flexibility index (Phi) is 7.33. The number of carbonyl (C=O) groups excluding carboxylic acids is 4. The first-order valence-electron chi connectivity index (χ1n) is 11.0. The van der Waals surface area contributed by atoms with Crippen LogP contribution in [0.25, 0.3) is 0 Å². The van der Waals surface area contributed by atoms with Crippen LogP contribution in [0.4, 0.5) is 0 Å². The first-order chi connectivity index (χ1) is 15.2. The molecule has 0 aliphatic carbocycles. The zero-order valence-electron chi connectivity index (χ0n) is 19.2. The van der Waals surface area contributed by atoms with Crippen molar-refractivity contribution >= 4 is 23.7 Å². The Morgan fingerprint density at radius 1 is 1.06 bits per heavy atom. The fourth-order valence-corrected chi connectivity index (χ4v) is 4.35. The van der Waals surface area contributed by atoms with E-state index in [1.165, 1.54) is 11.8 Å². The number of ether oxygens (including phenoxy) is 1. The number of benzene rings is 1. The Morgan fingerprint density at radius 3 is 2.31 bits per heavy atom. The summed E-state index contributed by atoms with van der Waals surface area (Å²) in [7, 11) is 0. The largest absolute Gasteiger partial charge is 0.463 e. The number of amides is 3. The van der Waals surface area contributed by atoms with Gasteiger partial charge in [0.25, 0.3) is 0 Å². The van der Waals surface area contributed by atoms with Crippen LogP contribution in [-0.4, -0.2) is 77.7 Å². The van der Waals surface area contributed by atoms with E-state index < -0.39 is 11.9 Å². The quantitative estimate of drug-likeness (QED) is 0.651. The molecular formula is C24H31N3O5. The third-order valence-electron chi connectivity index (χ3n) is 6.13. The highest BCUT2D eigenvalue weighted by atomic mass is 16.5. The average molecular weight is 442 g/mol. The minimum absolute atomic E-state index is 0.0108. The highest BCUT2D eigenvalue weighted by Gasteiger charge is 2.38. The van der Waals surface area contributed by atoms with E-state index in [-0.39, 0.29) is 37.3 Å². The number of nitrogens with zero attached hydrogens (tertiary/aromatic N) is 3. The van der Waals surface area contributed by atoms with Gasteiger partial charge in [-0.25, -0.2) is 4.79 Å². The number of rotatable bonds is 5. The molecule has 0 radical (unpaired) electrons. The normalized spacial score (nSPS) is 19.3. The summed E-state index contributed by atoms with van der Waals surface area (Å²) in [5.74, 6) is -1.28. The maximum absolute atomic E-state index is 13.1. The van der Waals surface area contributed by atoms with Crippen LogP contribution in [0.2, 0.25) is 0 Å². The van der Waals surface area contributed by atoms with E-state index in [1.54, 1.807) is 23.6 Å². The van der Waals surface area contributed by atoms with E-state index in [4.69, 9.17) is 4.74 Å². The minimum Gasteiger partial charge on any atom is -0.463 e. The van der Waals surface area contributed by atoms with Gasteiger partial charge in [0.15, 0.2) is 0 Å². The van der Waals surface area contributed by atoms with E-state index in [9.17, 15) is 19.2 Å². The summed E-state index contributed by atoms with van der Waals surface area (Å²) < 4.78 is 5.31. The molecule has 2 aliphatic rings. The topological polar surface area (TPSA) is 87.2 Å². The Balaban J connectivity index is 1.85. The van der Waals surface area contributed by atoms with Crippen LogP contribution < -0.4 is 0 Å². The molecular weight excluding hydrogens is 410 g/mol. The predicted octanol–water partition coefficient (Wildman–Crippen LogP) is 1.84. The summed E-state index contributed by atoms with van der Waals surface area (Å²) in [6, 6.07) is 7.75. The fraction of sp³-hybridized carbons (Fsp3) is 0.500. The second kappa shape index (κ2) is 9.97. The molecule has 0 bridgehead atoms. The summed E-state index contributed by atoms with van der Waals surface area (Å²) in [5, 5.41) is 0. The highest BCUT2D eigenvalue weighted by Crippen LogP contribution is 2.37. The first-order valence-corrected chi connectivity index (χ1v) is 11.0. The molecule has 1 unspecified atom stereocenters. The third-order valence-corrected chi connectivity index (χ3v) is 6.13. The molecule has 1 atom stereocenters. The van der Waals surface area contributed by atoms with E-state index >= 15 is 0 Å². The van der Waals surface area contributed by atoms with Crippen LogP contribution in [-0.2, 0) is 23.9 Å². The van der Waals surface area contributed by atoms with Gasteiger partial charge < -0.3 is 19.4 Å². The molecule has 172 valence electrons. The van der Waals surface area contributed by atoms with Crippen molar-refractivity contribution in [2.24, 2.45) is 0 Å². The second-order valence-electron chi connectivity index (χ2n) is 8.26. The lowest BCUT2D eigenvalue weighted by atomic mass is 9.83. The van der Waals surface area contributed by atoms with Gasteiger partial charge in [0.2, 0.25) is 17.7 Å². The summed E-state index contributed by atoms with van der Waals surface area (Å²) in [4.78, 5) is 55.1. The van der Waals surface area contributed by atoms with Crippen molar-refractivity contribution in [1.29, 1.82) is 0 Å². The minimum atomic E-state index is -0.462. The van der Waals surface area contributed by atoms with Crippen molar-refractivity contribution < 1.29 is 23.9 Å². The molecule has 32 heavy (non-hydrogen) atoms. The number of esters is 1. The van der Waals surface area contributed by atoms with E-state index in [0.29, 0.717) is 37.4 Å². The highest BCUT2D eigenvalue weighted by molar-refractivity contribution is 5.97. The van der Waals surface area contributed by atoms with Crippen LogP contribution >= 0.6 is 0 Å². The molecule has 0 N–H and O–H groups in total. The number of hydrogen-bond acceptors (Lipinski definition) is 5. The van der Waals surface area contributed by atoms with Crippen LogP contribution in [0.3, 0.4) is 0 Å². The molecule has 1 saturated heterocycles. The van der Waals surface area contributed by atoms with Gasteiger partial charge in [0.05, 0.1) is 12.2 Å². The standard InChI is InChI=1S/C24H31N3O5/c1-5-32-24(31)23-17(3)27(15-22(30)26-11-9-25(10-12-26)18(4)28)21(29)14-20(23)19-8-6-7-16(2)13-19/h6-8,13,20H,5,9-12,14-15H2,1-4H3. The van der Waals surface area contributed by atoms with Gasteiger partial charge in [-0.1, -0.05) is 29.8 Å². The average Bonchev–Trinajstić information content (AvgIpc) is 2.76. The van der Waals surface area contributed by atoms with Gasteiger partial charge in [-0.3, -0.25) is 14.4 Å². The third kappa shape index (κ3) is 5.00. The van der Waals surface area contributed by atoms with Crippen LogP contribution in [0, 0.1) is 6.92 Å². The molecule has 2 aliphatic heterocycles. The Labute approximate surface area is 188 Å². The zero-order valence-corrected chi connectivity index (χ0v) is 19.2. The molecule has 1 aromatic rings. The first kappa shape index (κ1) is 23.5. The predicted molar refractivity (Wildman–Crippen MR) is 118 cm³/mol. The van der Waals surface area contributed by atoms with Gasteiger partial charge in [-0.15, -0.1) is 0 Å². The summed E-state index contributed by atoms with van der Waals surface area (Å²) >= 11 is 0. The fourth-order valence-electron chi connectivity index (χ4n) is 4.35. The lowest BCUT2D eigenvalue weighted by Gasteiger charge is -2.37. The maximum Gasteiger partial charge on any atom is 0.336 e. The van der Waals surface area contributed by atoms with Crippen LogP contribution in [0.5, 0.6) is 0 Å². The number of hydrogen-bond donors (Lipinski definition) is 0. The number of aryl methyl sites for hydroxylation is 1. The van der Waals surface area contributed by atoms with Crippen molar-refractivity contribution in [1.82, 2.24) is 14.7 Å². The molecule has 0 saturated carbocycles. The Morgan fingerprint density at radius 2 is 1.72 bits per heavy atom. The molecule has 8 heteroatoms. The number of carbonyl (C=O) groups is 4. The second-order valence-corrected chi connectivity index (χ2v) is 8.26. The lowest BCUT2D eigenvalue weighted by Crippen LogP contribution is -2.53. The van der Waals surface area contributed by atoms with Crippen LogP contribution in [0.1, 0.15) is 44.2 Å². The van der Waals surface area contributed by atoms with Gasteiger partial charge in [-0.05, 0) is 26.3 Å². The van der Waals surface area contributed by atoms with E-state index in [1.807, 2.05) is 31.2 Å².